The lowest BCUT2D eigenvalue weighted by Gasteiger charge is -2.26. The summed E-state index contributed by atoms with van der Waals surface area (Å²) in [6.45, 7) is 3.30. The fourth-order valence-electron chi connectivity index (χ4n) is 1.85. The van der Waals surface area contributed by atoms with Gasteiger partial charge in [-0.3, -0.25) is 0 Å². The van der Waals surface area contributed by atoms with Gasteiger partial charge in [0.1, 0.15) is 0 Å². The van der Waals surface area contributed by atoms with Crippen molar-refractivity contribution in [1.82, 2.24) is 4.90 Å². The SMILES string of the molecule is Cc1ccc(C(=O)O)cc1NC(=O)N1CCSCC1. The van der Waals surface area contributed by atoms with E-state index in [9.17, 15) is 9.59 Å². The van der Waals surface area contributed by atoms with Gasteiger partial charge in [-0.1, -0.05) is 6.07 Å². The Hall–Kier alpha value is -1.69. The number of carboxylic acid groups (broad SMARTS) is 1. The Balaban J connectivity index is 2.11. The molecule has 1 aromatic rings. The van der Waals surface area contributed by atoms with Gasteiger partial charge in [-0.2, -0.15) is 11.8 Å². The summed E-state index contributed by atoms with van der Waals surface area (Å²) in [7, 11) is 0. The minimum Gasteiger partial charge on any atom is -0.478 e. The highest BCUT2D eigenvalue weighted by molar-refractivity contribution is 7.99. The minimum atomic E-state index is -0.995. The molecular weight excluding hydrogens is 264 g/mol. The van der Waals surface area contributed by atoms with E-state index in [2.05, 4.69) is 5.32 Å². The maximum absolute atomic E-state index is 12.1. The summed E-state index contributed by atoms with van der Waals surface area (Å²) in [6.07, 6.45) is 0. The van der Waals surface area contributed by atoms with E-state index < -0.39 is 5.97 Å². The first kappa shape index (κ1) is 13.7. The topological polar surface area (TPSA) is 69.6 Å². The van der Waals surface area contributed by atoms with Crippen molar-refractivity contribution in [2.75, 3.05) is 29.9 Å². The number of carbonyl (C=O) groups is 2. The second-order valence-electron chi connectivity index (χ2n) is 4.36. The van der Waals surface area contributed by atoms with Gasteiger partial charge in [0.25, 0.3) is 0 Å². The first-order valence-electron chi connectivity index (χ1n) is 6.05. The number of hydrogen-bond acceptors (Lipinski definition) is 3. The molecule has 6 heteroatoms. The zero-order chi connectivity index (χ0) is 13.8. The Kier molecular flexibility index (Phi) is 4.31. The van der Waals surface area contributed by atoms with E-state index in [1.165, 1.54) is 12.1 Å². The van der Waals surface area contributed by atoms with Crippen molar-refractivity contribution < 1.29 is 14.7 Å². The summed E-state index contributed by atoms with van der Waals surface area (Å²) >= 11 is 1.83. The second-order valence-corrected chi connectivity index (χ2v) is 5.59. The average molecular weight is 280 g/mol. The number of aryl methyl sites for hydroxylation is 1. The Bertz CT molecular complexity index is 499. The smallest absolute Gasteiger partial charge is 0.335 e. The Morgan fingerprint density at radius 1 is 1.32 bits per heavy atom. The van der Waals surface area contributed by atoms with Crippen LogP contribution in [0.2, 0.25) is 0 Å². The molecule has 102 valence electrons. The van der Waals surface area contributed by atoms with Gasteiger partial charge in [-0.25, -0.2) is 9.59 Å². The predicted molar refractivity (Wildman–Crippen MR) is 76.1 cm³/mol. The normalized spacial score (nSPS) is 15.1. The number of urea groups is 1. The zero-order valence-electron chi connectivity index (χ0n) is 10.7. The van der Waals surface area contributed by atoms with Crippen LogP contribution in [0.15, 0.2) is 18.2 Å². The molecule has 1 aliphatic heterocycles. The van der Waals surface area contributed by atoms with Gasteiger partial charge in [-0.05, 0) is 24.6 Å². The largest absolute Gasteiger partial charge is 0.478 e. The lowest BCUT2D eigenvalue weighted by atomic mass is 10.1. The van der Waals surface area contributed by atoms with Crippen LogP contribution >= 0.6 is 11.8 Å². The van der Waals surface area contributed by atoms with E-state index in [-0.39, 0.29) is 11.6 Å². The Morgan fingerprint density at radius 3 is 2.63 bits per heavy atom. The van der Waals surface area contributed by atoms with Crippen LogP contribution in [0.3, 0.4) is 0 Å². The third-order valence-electron chi connectivity index (χ3n) is 3.02. The molecule has 0 aliphatic carbocycles. The number of nitrogens with zero attached hydrogens (tertiary/aromatic N) is 1. The number of carbonyl (C=O) groups excluding carboxylic acids is 1. The van der Waals surface area contributed by atoms with Crippen LogP contribution in [0.4, 0.5) is 10.5 Å². The molecule has 0 saturated carbocycles. The number of rotatable bonds is 2. The summed E-state index contributed by atoms with van der Waals surface area (Å²) < 4.78 is 0. The van der Waals surface area contributed by atoms with Crippen LogP contribution < -0.4 is 5.32 Å². The third-order valence-corrected chi connectivity index (χ3v) is 3.97. The quantitative estimate of drug-likeness (QED) is 0.872. The molecule has 19 heavy (non-hydrogen) atoms. The van der Waals surface area contributed by atoms with Crippen molar-refractivity contribution in [3.05, 3.63) is 29.3 Å². The fourth-order valence-corrected chi connectivity index (χ4v) is 2.75. The van der Waals surface area contributed by atoms with Crippen molar-refractivity contribution >= 4 is 29.4 Å². The van der Waals surface area contributed by atoms with Crippen molar-refractivity contribution in [2.24, 2.45) is 0 Å². The number of nitrogens with one attached hydrogen (secondary N) is 1. The van der Waals surface area contributed by atoms with Crippen LogP contribution in [0, 0.1) is 6.92 Å². The monoisotopic (exact) mass is 280 g/mol. The number of carboxylic acids is 1. The molecule has 0 spiro atoms. The van der Waals surface area contributed by atoms with Gasteiger partial charge in [0.2, 0.25) is 0 Å². The fraction of sp³-hybridized carbons (Fsp3) is 0.385. The number of amides is 2. The lowest BCUT2D eigenvalue weighted by molar-refractivity contribution is 0.0697. The van der Waals surface area contributed by atoms with Crippen LogP contribution in [-0.4, -0.2) is 46.6 Å². The van der Waals surface area contributed by atoms with Gasteiger partial charge in [0.05, 0.1) is 5.56 Å². The van der Waals surface area contributed by atoms with Crippen molar-refractivity contribution in [2.45, 2.75) is 6.92 Å². The molecule has 0 unspecified atom stereocenters. The molecular formula is C13H16N2O3S. The highest BCUT2D eigenvalue weighted by Crippen LogP contribution is 2.18. The predicted octanol–water partition coefficient (Wildman–Crippen LogP) is 2.27. The molecule has 2 N–H and O–H groups in total. The average Bonchev–Trinajstić information content (AvgIpc) is 2.42. The molecule has 2 rings (SSSR count). The maximum atomic E-state index is 12.1. The highest BCUT2D eigenvalue weighted by atomic mass is 32.2. The second kappa shape index (κ2) is 5.97. The van der Waals surface area contributed by atoms with E-state index in [0.29, 0.717) is 5.69 Å². The van der Waals surface area contributed by atoms with Crippen LogP contribution in [0.25, 0.3) is 0 Å². The van der Waals surface area contributed by atoms with Gasteiger partial charge in [0, 0.05) is 30.3 Å². The number of hydrogen-bond donors (Lipinski definition) is 2. The number of thioether (sulfide) groups is 1. The Labute approximate surface area is 116 Å². The van der Waals surface area contributed by atoms with Gasteiger partial charge >= 0.3 is 12.0 Å². The summed E-state index contributed by atoms with van der Waals surface area (Å²) in [5.74, 6) is 0.897. The third kappa shape index (κ3) is 3.41. The van der Waals surface area contributed by atoms with Gasteiger partial charge in [0.15, 0.2) is 0 Å². The number of anilines is 1. The standard InChI is InChI=1S/C13H16N2O3S/c1-9-2-3-10(12(16)17)8-11(9)14-13(18)15-4-6-19-7-5-15/h2-3,8H,4-7H2,1H3,(H,14,18)(H,16,17). The van der Waals surface area contributed by atoms with E-state index >= 15 is 0 Å². The molecule has 1 heterocycles. The molecule has 1 fully saturated rings. The van der Waals surface area contributed by atoms with Gasteiger partial charge < -0.3 is 15.3 Å². The lowest BCUT2D eigenvalue weighted by Crippen LogP contribution is -2.40. The Morgan fingerprint density at radius 2 is 2.00 bits per heavy atom. The summed E-state index contributed by atoms with van der Waals surface area (Å²) in [5, 5.41) is 11.7. The highest BCUT2D eigenvalue weighted by Gasteiger charge is 2.17. The molecule has 5 nitrogen and oxygen atoms in total. The molecule has 0 aromatic heterocycles. The summed E-state index contributed by atoms with van der Waals surface area (Å²) in [4.78, 5) is 24.7. The van der Waals surface area contributed by atoms with Crippen LogP contribution in [0.1, 0.15) is 15.9 Å². The molecule has 1 aromatic carbocycles. The van der Waals surface area contributed by atoms with Gasteiger partial charge in [-0.15, -0.1) is 0 Å². The van der Waals surface area contributed by atoms with Crippen LogP contribution in [0.5, 0.6) is 0 Å². The number of benzene rings is 1. The van der Waals surface area contributed by atoms with E-state index in [0.717, 1.165) is 30.2 Å². The van der Waals surface area contributed by atoms with E-state index in [4.69, 9.17) is 5.11 Å². The van der Waals surface area contributed by atoms with Crippen molar-refractivity contribution in [3.8, 4) is 0 Å². The first-order valence-corrected chi connectivity index (χ1v) is 7.21. The van der Waals surface area contributed by atoms with Crippen molar-refractivity contribution in [1.29, 1.82) is 0 Å². The first-order chi connectivity index (χ1) is 9.08. The molecule has 0 radical (unpaired) electrons. The van der Waals surface area contributed by atoms with Crippen LogP contribution in [-0.2, 0) is 0 Å². The van der Waals surface area contributed by atoms with E-state index in [1.807, 2.05) is 18.7 Å². The molecule has 0 atom stereocenters. The summed E-state index contributed by atoms with van der Waals surface area (Å²) in [5.41, 5.74) is 1.59. The molecule has 1 saturated heterocycles. The molecule has 2 amide bonds. The molecule has 1 aliphatic rings. The summed E-state index contributed by atoms with van der Waals surface area (Å²) in [6, 6.07) is 4.57. The maximum Gasteiger partial charge on any atom is 0.335 e. The zero-order valence-corrected chi connectivity index (χ0v) is 11.5. The van der Waals surface area contributed by atoms with Crippen molar-refractivity contribution in [3.63, 3.8) is 0 Å². The van der Waals surface area contributed by atoms with E-state index in [1.54, 1.807) is 11.0 Å². The molecule has 0 bridgehead atoms. The minimum absolute atomic E-state index is 0.161. The number of aromatic carboxylic acids is 1.